The van der Waals surface area contributed by atoms with Crippen LogP contribution in [-0.2, 0) is 12.8 Å². The van der Waals surface area contributed by atoms with Crippen LogP contribution in [0.25, 0.3) is 0 Å². The van der Waals surface area contributed by atoms with Gasteiger partial charge in [0.05, 0.1) is 22.8 Å². The SMILES string of the molecule is Oc1ccccc1C1=Nc2c(ccc3c2N=C(c2ccccc2O)C3)C1. The first-order valence-corrected chi connectivity index (χ1v) is 8.57. The number of rotatable bonds is 2. The average Bonchev–Trinajstić information content (AvgIpc) is 3.26. The summed E-state index contributed by atoms with van der Waals surface area (Å²) in [6.45, 7) is 0. The van der Waals surface area contributed by atoms with Crippen molar-refractivity contribution in [3.8, 4) is 11.5 Å². The Morgan fingerprint density at radius 3 is 1.42 bits per heavy atom. The van der Waals surface area contributed by atoms with Crippen molar-refractivity contribution in [1.29, 1.82) is 0 Å². The lowest BCUT2D eigenvalue weighted by molar-refractivity contribution is 0.473. The summed E-state index contributed by atoms with van der Waals surface area (Å²) < 4.78 is 0. The summed E-state index contributed by atoms with van der Waals surface area (Å²) in [4.78, 5) is 9.58. The number of para-hydroxylation sites is 2. The molecule has 3 aromatic rings. The highest BCUT2D eigenvalue weighted by Gasteiger charge is 2.26. The minimum Gasteiger partial charge on any atom is -0.507 e. The van der Waals surface area contributed by atoms with E-state index in [1.165, 1.54) is 0 Å². The fraction of sp³-hybridized carbons (Fsp3) is 0.0909. The van der Waals surface area contributed by atoms with Crippen molar-refractivity contribution in [2.45, 2.75) is 12.8 Å². The fourth-order valence-corrected chi connectivity index (χ4v) is 3.65. The van der Waals surface area contributed by atoms with Crippen LogP contribution >= 0.6 is 0 Å². The lowest BCUT2D eigenvalue weighted by atomic mass is 10.00. The Balaban J connectivity index is 1.60. The quantitative estimate of drug-likeness (QED) is 0.724. The molecule has 4 heteroatoms. The van der Waals surface area contributed by atoms with Crippen LogP contribution in [-0.4, -0.2) is 21.6 Å². The van der Waals surface area contributed by atoms with E-state index in [9.17, 15) is 10.2 Å². The molecule has 2 aliphatic rings. The van der Waals surface area contributed by atoms with Crippen molar-refractivity contribution in [2.24, 2.45) is 9.98 Å². The second-order valence-corrected chi connectivity index (χ2v) is 6.59. The van der Waals surface area contributed by atoms with Gasteiger partial charge in [0.2, 0.25) is 0 Å². The van der Waals surface area contributed by atoms with E-state index in [0.717, 1.165) is 45.1 Å². The summed E-state index contributed by atoms with van der Waals surface area (Å²) in [6, 6.07) is 18.7. The van der Waals surface area contributed by atoms with Crippen LogP contribution in [0.2, 0.25) is 0 Å². The summed E-state index contributed by atoms with van der Waals surface area (Å²) in [5.41, 5.74) is 7.24. The van der Waals surface area contributed by atoms with Gasteiger partial charge in [-0.05, 0) is 35.4 Å². The van der Waals surface area contributed by atoms with Gasteiger partial charge in [-0.3, -0.25) is 0 Å². The standard InChI is InChI=1S/C22H16N2O2/c25-19-7-3-1-5-15(19)17-11-13-9-10-14-12-18(24-22(14)21(13)23-17)16-6-2-4-8-20(16)26/h1-10,25-26H,11-12H2. The minimum absolute atomic E-state index is 0.245. The Bertz CT molecular complexity index is 1020. The zero-order valence-corrected chi connectivity index (χ0v) is 14.0. The molecule has 0 amide bonds. The summed E-state index contributed by atoms with van der Waals surface area (Å²) in [5.74, 6) is 0.489. The maximum absolute atomic E-state index is 10.1. The van der Waals surface area contributed by atoms with Crippen LogP contribution in [0, 0.1) is 0 Å². The van der Waals surface area contributed by atoms with Crippen molar-refractivity contribution >= 4 is 22.8 Å². The van der Waals surface area contributed by atoms with Gasteiger partial charge in [0.1, 0.15) is 11.5 Å². The van der Waals surface area contributed by atoms with Crippen molar-refractivity contribution in [3.63, 3.8) is 0 Å². The molecule has 2 aliphatic heterocycles. The molecule has 3 aromatic carbocycles. The number of aromatic hydroxyl groups is 2. The van der Waals surface area contributed by atoms with Gasteiger partial charge in [0.15, 0.2) is 0 Å². The van der Waals surface area contributed by atoms with Crippen LogP contribution in [0.5, 0.6) is 11.5 Å². The maximum atomic E-state index is 10.1. The van der Waals surface area contributed by atoms with E-state index < -0.39 is 0 Å². The molecule has 126 valence electrons. The number of aliphatic imine (C=N–C) groups is 2. The highest BCUT2D eigenvalue weighted by atomic mass is 16.3. The first-order valence-electron chi connectivity index (χ1n) is 8.57. The molecule has 0 bridgehead atoms. The Labute approximate surface area is 150 Å². The van der Waals surface area contributed by atoms with Gasteiger partial charge < -0.3 is 10.2 Å². The predicted octanol–water partition coefficient (Wildman–Crippen LogP) is 4.45. The molecule has 0 saturated carbocycles. The van der Waals surface area contributed by atoms with Crippen molar-refractivity contribution in [3.05, 3.63) is 82.9 Å². The van der Waals surface area contributed by atoms with E-state index in [4.69, 9.17) is 9.98 Å². The third-order valence-corrected chi connectivity index (χ3v) is 4.96. The number of hydrogen-bond acceptors (Lipinski definition) is 4. The largest absolute Gasteiger partial charge is 0.507 e. The normalized spacial score (nSPS) is 14.6. The Morgan fingerprint density at radius 2 is 1.00 bits per heavy atom. The second-order valence-electron chi connectivity index (χ2n) is 6.59. The lowest BCUT2D eigenvalue weighted by Crippen LogP contribution is -2.01. The van der Waals surface area contributed by atoms with Crippen LogP contribution in [0.15, 0.2) is 70.6 Å². The van der Waals surface area contributed by atoms with Crippen LogP contribution in [0.4, 0.5) is 11.4 Å². The van der Waals surface area contributed by atoms with Gasteiger partial charge in [0, 0.05) is 24.0 Å². The number of hydrogen-bond donors (Lipinski definition) is 2. The molecular formula is C22H16N2O2. The molecule has 26 heavy (non-hydrogen) atoms. The Hall–Kier alpha value is -3.40. The topological polar surface area (TPSA) is 65.2 Å². The van der Waals surface area contributed by atoms with Crippen molar-refractivity contribution in [2.75, 3.05) is 0 Å². The molecule has 2 N–H and O–H groups in total. The zero-order valence-electron chi connectivity index (χ0n) is 14.0. The molecule has 0 saturated heterocycles. The highest BCUT2D eigenvalue weighted by Crippen LogP contribution is 2.44. The summed E-state index contributed by atoms with van der Waals surface area (Å²) in [5, 5.41) is 20.3. The smallest absolute Gasteiger partial charge is 0.124 e. The van der Waals surface area contributed by atoms with Gasteiger partial charge in [0.25, 0.3) is 0 Å². The Kier molecular flexibility index (Phi) is 3.19. The van der Waals surface area contributed by atoms with Gasteiger partial charge in [-0.2, -0.15) is 0 Å². The molecule has 0 spiro atoms. The van der Waals surface area contributed by atoms with Gasteiger partial charge >= 0.3 is 0 Å². The van der Waals surface area contributed by atoms with Crippen molar-refractivity contribution in [1.82, 2.24) is 0 Å². The molecular weight excluding hydrogens is 324 g/mol. The zero-order chi connectivity index (χ0) is 17.7. The van der Waals surface area contributed by atoms with Crippen molar-refractivity contribution < 1.29 is 10.2 Å². The molecule has 0 aliphatic carbocycles. The number of nitrogens with zero attached hydrogens (tertiary/aromatic N) is 2. The predicted molar refractivity (Wildman–Crippen MR) is 102 cm³/mol. The number of phenols is 2. The first-order chi connectivity index (χ1) is 12.7. The van der Waals surface area contributed by atoms with Crippen LogP contribution < -0.4 is 0 Å². The fourth-order valence-electron chi connectivity index (χ4n) is 3.65. The lowest BCUT2D eigenvalue weighted by Gasteiger charge is -2.03. The summed E-state index contributed by atoms with van der Waals surface area (Å²) in [7, 11) is 0. The van der Waals surface area contributed by atoms with Gasteiger partial charge in [-0.1, -0.05) is 36.4 Å². The van der Waals surface area contributed by atoms with E-state index in [-0.39, 0.29) is 11.5 Å². The molecule has 4 nitrogen and oxygen atoms in total. The number of phenolic OH excluding ortho intramolecular Hbond substituents is 2. The molecule has 0 unspecified atom stereocenters. The minimum atomic E-state index is 0.245. The van der Waals surface area contributed by atoms with E-state index in [2.05, 4.69) is 12.1 Å². The van der Waals surface area contributed by atoms with E-state index in [1.807, 2.05) is 36.4 Å². The summed E-state index contributed by atoms with van der Waals surface area (Å²) >= 11 is 0. The monoisotopic (exact) mass is 340 g/mol. The maximum Gasteiger partial charge on any atom is 0.124 e. The molecule has 0 atom stereocenters. The molecule has 5 rings (SSSR count). The van der Waals surface area contributed by atoms with Gasteiger partial charge in [-0.25, -0.2) is 9.98 Å². The number of fused-ring (bicyclic) bond motifs is 3. The Morgan fingerprint density at radius 1 is 0.577 bits per heavy atom. The first kappa shape index (κ1) is 14.9. The molecule has 0 aromatic heterocycles. The molecule has 0 radical (unpaired) electrons. The second kappa shape index (κ2) is 5.56. The third kappa shape index (κ3) is 2.23. The van der Waals surface area contributed by atoms with Crippen LogP contribution in [0.3, 0.4) is 0 Å². The number of benzene rings is 3. The summed E-state index contributed by atoms with van der Waals surface area (Å²) in [6.07, 6.45) is 1.36. The molecule has 0 fully saturated rings. The third-order valence-electron chi connectivity index (χ3n) is 4.96. The molecule has 2 heterocycles. The highest BCUT2D eigenvalue weighted by molar-refractivity contribution is 6.13. The van der Waals surface area contributed by atoms with Gasteiger partial charge in [-0.15, -0.1) is 0 Å². The van der Waals surface area contributed by atoms with E-state index in [0.29, 0.717) is 12.8 Å². The van der Waals surface area contributed by atoms with E-state index >= 15 is 0 Å². The van der Waals surface area contributed by atoms with Crippen LogP contribution in [0.1, 0.15) is 22.3 Å². The van der Waals surface area contributed by atoms with E-state index in [1.54, 1.807) is 12.1 Å². The average molecular weight is 340 g/mol.